The predicted octanol–water partition coefficient (Wildman–Crippen LogP) is 4.88. The molecule has 2 aromatic carbocycles. The van der Waals surface area contributed by atoms with Gasteiger partial charge in [0.1, 0.15) is 11.4 Å². The SMILES string of the molecule is Cc1cc(-c2nc3ccc(CN4CCNCC4)cc3[nH]2)nn1Cc1cc(Cl)ccc1OCC(C)C. The van der Waals surface area contributed by atoms with E-state index in [0.717, 1.165) is 72.3 Å². The summed E-state index contributed by atoms with van der Waals surface area (Å²) in [4.78, 5) is 10.8. The molecule has 1 aliphatic rings. The molecular weight excluding hydrogens is 460 g/mol. The van der Waals surface area contributed by atoms with E-state index in [1.54, 1.807) is 0 Å². The van der Waals surface area contributed by atoms with Crippen LogP contribution in [0.1, 0.15) is 30.7 Å². The molecule has 0 atom stereocenters. The summed E-state index contributed by atoms with van der Waals surface area (Å²) >= 11 is 6.30. The van der Waals surface area contributed by atoms with Crippen LogP contribution in [0.4, 0.5) is 0 Å². The number of H-pyrrole nitrogens is 1. The molecule has 0 bridgehead atoms. The first-order valence-corrected chi connectivity index (χ1v) is 12.7. The van der Waals surface area contributed by atoms with Crippen LogP contribution >= 0.6 is 11.6 Å². The van der Waals surface area contributed by atoms with Gasteiger partial charge in [0.25, 0.3) is 0 Å². The molecule has 0 unspecified atom stereocenters. The van der Waals surface area contributed by atoms with Gasteiger partial charge in [0, 0.05) is 49.0 Å². The lowest BCUT2D eigenvalue weighted by atomic mass is 10.2. The molecule has 35 heavy (non-hydrogen) atoms. The largest absolute Gasteiger partial charge is 0.493 e. The lowest BCUT2D eigenvalue weighted by Crippen LogP contribution is -2.42. The van der Waals surface area contributed by atoms with E-state index in [2.05, 4.69) is 60.2 Å². The van der Waals surface area contributed by atoms with E-state index in [9.17, 15) is 0 Å². The molecule has 1 saturated heterocycles. The molecule has 2 aromatic heterocycles. The minimum Gasteiger partial charge on any atom is -0.493 e. The normalized spacial score (nSPS) is 14.8. The third-order valence-corrected chi connectivity index (χ3v) is 6.54. The number of nitrogens with one attached hydrogen (secondary N) is 2. The zero-order chi connectivity index (χ0) is 24.4. The molecule has 5 rings (SSSR count). The first-order chi connectivity index (χ1) is 16.9. The Labute approximate surface area is 211 Å². The maximum atomic E-state index is 6.30. The van der Waals surface area contributed by atoms with Gasteiger partial charge in [-0.3, -0.25) is 9.58 Å². The number of aromatic amines is 1. The van der Waals surface area contributed by atoms with Crippen molar-refractivity contribution in [1.82, 2.24) is 30.0 Å². The lowest BCUT2D eigenvalue weighted by Gasteiger charge is -2.27. The van der Waals surface area contributed by atoms with E-state index in [4.69, 9.17) is 26.4 Å². The Kier molecular flexibility index (Phi) is 7.09. The second-order valence-electron chi connectivity index (χ2n) is 9.75. The molecule has 0 aliphatic carbocycles. The Morgan fingerprint density at radius 2 is 1.89 bits per heavy atom. The standard InChI is InChI=1S/C27H33ClN6O/c1-18(2)17-35-26-7-5-22(28)14-21(26)16-34-19(3)12-25(32-34)27-30-23-6-4-20(13-24(23)31-27)15-33-10-8-29-9-11-33/h4-7,12-14,18,29H,8-11,15-17H2,1-3H3,(H,30,31). The highest BCUT2D eigenvalue weighted by molar-refractivity contribution is 6.30. The molecule has 0 saturated carbocycles. The number of nitrogens with zero attached hydrogens (tertiary/aromatic N) is 4. The number of halogens is 1. The number of ether oxygens (including phenoxy) is 1. The van der Waals surface area contributed by atoms with Crippen molar-refractivity contribution in [2.24, 2.45) is 5.92 Å². The van der Waals surface area contributed by atoms with Gasteiger partial charge in [0.05, 0.1) is 24.2 Å². The zero-order valence-electron chi connectivity index (χ0n) is 20.6. The van der Waals surface area contributed by atoms with Crippen LogP contribution in [-0.2, 0) is 13.1 Å². The predicted molar refractivity (Wildman–Crippen MR) is 141 cm³/mol. The van der Waals surface area contributed by atoms with Crippen LogP contribution in [0, 0.1) is 12.8 Å². The minimum absolute atomic E-state index is 0.446. The molecule has 1 aliphatic heterocycles. The van der Waals surface area contributed by atoms with E-state index in [-0.39, 0.29) is 0 Å². The van der Waals surface area contributed by atoms with Crippen molar-refractivity contribution in [3.63, 3.8) is 0 Å². The van der Waals surface area contributed by atoms with E-state index < -0.39 is 0 Å². The average Bonchev–Trinajstić information content (AvgIpc) is 3.42. The first kappa shape index (κ1) is 23.9. The molecule has 8 heteroatoms. The van der Waals surface area contributed by atoms with E-state index in [1.165, 1.54) is 5.56 Å². The monoisotopic (exact) mass is 492 g/mol. The summed E-state index contributed by atoms with van der Waals surface area (Å²) in [5, 5.41) is 8.96. The van der Waals surface area contributed by atoms with Gasteiger partial charge < -0.3 is 15.0 Å². The van der Waals surface area contributed by atoms with Crippen LogP contribution in [0.5, 0.6) is 5.75 Å². The summed E-state index contributed by atoms with van der Waals surface area (Å²) in [5.74, 6) is 2.07. The molecule has 4 aromatic rings. The highest BCUT2D eigenvalue weighted by atomic mass is 35.5. The number of rotatable bonds is 8. The quantitative estimate of drug-likeness (QED) is 0.367. The summed E-state index contributed by atoms with van der Waals surface area (Å²) in [6.45, 7) is 12.8. The third-order valence-electron chi connectivity index (χ3n) is 6.30. The van der Waals surface area contributed by atoms with Crippen LogP contribution in [0.2, 0.25) is 5.02 Å². The van der Waals surface area contributed by atoms with Crippen LogP contribution < -0.4 is 10.1 Å². The first-order valence-electron chi connectivity index (χ1n) is 12.3. The molecule has 7 nitrogen and oxygen atoms in total. The highest BCUT2D eigenvalue weighted by Crippen LogP contribution is 2.26. The molecule has 2 N–H and O–H groups in total. The van der Waals surface area contributed by atoms with Gasteiger partial charge in [0.2, 0.25) is 0 Å². The fraction of sp³-hybridized carbons (Fsp3) is 0.407. The maximum absolute atomic E-state index is 6.30. The van der Waals surface area contributed by atoms with Crippen molar-refractivity contribution in [3.05, 3.63) is 64.3 Å². The third kappa shape index (κ3) is 5.69. The number of hydrogen-bond donors (Lipinski definition) is 2. The summed E-state index contributed by atoms with van der Waals surface area (Å²) in [5.41, 5.74) is 6.18. The number of aryl methyl sites for hydroxylation is 1. The van der Waals surface area contributed by atoms with Crippen molar-refractivity contribution in [2.75, 3.05) is 32.8 Å². The van der Waals surface area contributed by atoms with Crippen LogP contribution in [0.15, 0.2) is 42.5 Å². The average molecular weight is 493 g/mol. The number of hydrogen-bond acceptors (Lipinski definition) is 5. The maximum Gasteiger partial charge on any atom is 0.159 e. The minimum atomic E-state index is 0.446. The lowest BCUT2D eigenvalue weighted by molar-refractivity contribution is 0.233. The fourth-order valence-corrected chi connectivity index (χ4v) is 4.61. The summed E-state index contributed by atoms with van der Waals surface area (Å²) in [6.07, 6.45) is 0. The molecule has 0 radical (unpaired) electrons. The van der Waals surface area contributed by atoms with Gasteiger partial charge in [-0.2, -0.15) is 5.10 Å². The van der Waals surface area contributed by atoms with Crippen molar-refractivity contribution in [1.29, 1.82) is 0 Å². The Hall–Kier alpha value is -2.87. The van der Waals surface area contributed by atoms with Crippen molar-refractivity contribution in [3.8, 4) is 17.3 Å². The molecule has 0 spiro atoms. The number of piperazine rings is 1. The van der Waals surface area contributed by atoms with Crippen molar-refractivity contribution in [2.45, 2.75) is 33.9 Å². The van der Waals surface area contributed by atoms with Crippen LogP contribution in [0.25, 0.3) is 22.6 Å². The number of benzene rings is 2. The van der Waals surface area contributed by atoms with E-state index >= 15 is 0 Å². The molecule has 184 valence electrons. The number of aromatic nitrogens is 4. The van der Waals surface area contributed by atoms with Crippen LogP contribution in [0.3, 0.4) is 0 Å². The summed E-state index contributed by atoms with van der Waals surface area (Å²) < 4.78 is 8.02. The molecule has 0 amide bonds. The molecular formula is C27H33ClN6O. The number of imidazole rings is 1. The summed E-state index contributed by atoms with van der Waals surface area (Å²) in [6, 6.07) is 14.3. The topological polar surface area (TPSA) is 71.0 Å². The second kappa shape index (κ2) is 10.4. The Morgan fingerprint density at radius 1 is 1.06 bits per heavy atom. The Balaban J connectivity index is 1.36. The second-order valence-corrected chi connectivity index (χ2v) is 10.2. The van der Waals surface area contributed by atoms with E-state index in [0.29, 0.717) is 24.1 Å². The van der Waals surface area contributed by atoms with E-state index in [1.807, 2.05) is 22.9 Å². The summed E-state index contributed by atoms with van der Waals surface area (Å²) in [7, 11) is 0. The fourth-order valence-electron chi connectivity index (χ4n) is 4.42. The smallest absolute Gasteiger partial charge is 0.159 e. The van der Waals surface area contributed by atoms with Gasteiger partial charge in [-0.25, -0.2) is 4.98 Å². The Morgan fingerprint density at radius 3 is 2.69 bits per heavy atom. The van der Waals surface area contributed by atoms with Crippen molar-refractivity contribution < 1.29 is 4.74 Å². The van der Waals surface area contributed by atoms with Gasteiger partial charge in [0.15, 0.2) is 5.82 Å². The molecule has 1 fully saturated rings. The van der Waals surface area contributed by atoms with Crippen LogP contribution in [-0.4, -0.2) is 57.4 Å². The highest BCUT2D eigenvalue weighted by Gasteiger charge is 2.15. The Bertz CT molecular complexity index is 1300. The van der Waals surface area contributed by atoms with Gasteiger partial charge in [-0.1, -0.05) is 31.5 Å². The van der Waals surface area contributed by atoms with Gasteiger partial charge in [-0.05, 0) is 54.8 Å². The van der Waals surface area contributed by atoms with Crippen molar-refractivity contribution >= 4 is 22.6 Å². The number of fused-ring (bicyclic) bond motifs is 1. The molecule has 3 heterocycles. The zero-order valence-corrected chi connectivity index (χ0v) is 21.4. The van der Waals surface area contributed by atoms with Gasteiger partial charge >= 0.3 is 0 Å². The van der Waals surface area contributed by atoms with Gasteiger partial charge in [-0.15, -0.1) is 0 Å².